The fourth-order valence-corrected chi connectivity index (χ4v) is 2.01. The van der Waals surface area contributed by atoms with Gasteiger partial charge in [0, 0.05) is 22.8 Å². The molecule has 1 aromatic carbocycles. The molecule has 0 aliphatic carbocycles. The van der Waals surface area contributed by atoms with Gasteiger partial charge >= 0.3 is 0 Å². The van der Waals surface area contributed by atoms with Gasteiger partial charge in [-0.15, -0.1) is 0 Å². The molecule has 1 N–H and O–H groups in total. The Balaban J connectivity index is 1.86. The maximum atomic E-state index is 5.96. The lowest BCUT2D eigenvalue weighted by atomic mass is 10.2. The lowest BCUT2D eigenvalue weighted by Gasteiger charge is -2.05. The molecule has 2 heterocycles. The monoisotopic (exact) mass is 282 g/mol. The molecule has 0 aliphatic rings. The van der Waals surface area contributed by atoms with Crippen LogP contribution in [0.3, 0.4) is 0 Å². The van der Waals surface area contributed by atoms with E-state index in [4.69, 9.17) is 11.6 Å². The Hall–Kier alpha value is -2.46. The highest BCUT2D eigenvalue weighted by molar-refractivity contribution is 6.31. The van der Waals surface area contributed by atoms with Crippen LogP contribution in [0.15, 0.2) is 60.0 Å². The zero-order chi connectivity index (χ0) is 13.8. The van der Waals surface area contributed by atoms with E-state index in [-0.39, 0.29) is 0 Å². The van der Waals surface area contributed by atoms with E-state index in [1.54, 1.807) is 18.6 Å². The van der Waals surface area contributed by atoms with E-state index in [1.165, 1.54) is 0 Å². The van der Waals surface area contributed by atoms with Crippen molar-refractivity contribution in [1.29, 1.82) is 0 Å². The first-order valence-electron chi connectivity index (χ1n) is 6.07. The first kappa shape index (κ1) is 12.6. The molecule has 3 rings (SSSR count). The van der Waals surface area contributed by atoms with Crippen LogP contribution in [0.2, 0.25) is 5.02 Å². The van der Waals surface area contributed by atoms with Gasteiger partial charge in [0.2, 0.25) is 0 Å². The molecule has 0 aliphatic heterocycles. The van der Waals surface area contributed by atoms with Crippen molar-refractivity contribution in [3.8, 4) is 0 Å². The quantitative estimate of drug-likeness (QED) is 0.588. The van der Waals surface area contributed by atoms with Gasteiger partial charge in [-0.25, -0.2) is 0 Å². The second-order valence-electron chi connectivity index (χ2n) is 4.14. The fraction of sp³-hybridized carbons (Fsp3) is 0. The molecule has 0 fully saturated rings. The van der Waals surface area contributed by atoms with Crippen LogP contribution in [0, 0.1) is 0 Å². The van der Waals surface area contributed by atoms with Crippen LogP contribution in [-0.2, 0) is 0 Å². The standard InChI is InChI=1S/C15H11ClN4/c16-11-4-5-13-14(6-8-18-15(13)9-11)20-19-10-12-3-1-2-7-17-12/h1-10H,(H,18,20)/b19-10-. The van der Waals surface area contributed by atoms with Crippen LogP contribution in [0.1, 0.15) is 5.69 Å². The number of nitrogens with zero attached hydrogens (tertiary/aromatic N) is 3. The summed E-state index contributed by atoms with van der Waals surface area (Å²) in [5, 5.41) is 5.82. The van der Waals surface area contributed by atoms with Gasteiger partial charge in [0.05, 0.1) is 23.1 Å². The molecule has 3 aromatic rings. The number of anilines is 1. The average molecular weight is 283 g/mol. The number of halogens is 1. The van der Waals surface area contributed by atoms with Crippen LogP contribution in [0.25, 0.3) is 10.9 Å². The zero-order valence-corrected chi connectivity index (χ0v) is 11.2. The van der Waals surface area contributed by atoms with Crippen molar-refractivity contribution < 1.29 is 0 Å². The third-order valence-corrected chi connectivity index (χ3v) is 3.01. The summed E-state index contributed by atoms with van der Waals surface area (Å²) in [4.78, 5) is 8.45. The number of rotatable bonds is 3. The van der Waals surface area contributed by atoms with Crippen LogP contribution in [-0.4, -0.2) is 16.2 Å². The maximum Gasteiger partial charge on any atom is 0.0830 e. The van der Waals surface area contributed by atoms with E-state index in [9.17, 15) is 0 Å². The summed E-state index contributed by atoms with van der Waals surface area (Å²) in [5.74, 6) is 0. The van der Waals surface area contributed by atoms with Crippen LogP contribution < -0.4 is 5.43 Å². The Kier molecular flexibility index (Phi) is 3.56. The summed E-state index contributed by atoms with van der Waals surface area (Å²) in [6.07, 6.45) is 5.12. The minimum Gasteiger partial charge on any atom is -0.278 e. The molecule has 2 aromatic heterocycles. The molecule has 98 valence electrons. The van der Waals surface area contributed by atoms with Crippen molar-refractivity contribution >= 4 is 34.4 Å². The highest BCUT2D eigenvalue weighted by atomic mass is 35.5. The van der Waals surface area contributed by atoms with E-state index in [2.05, 4.69) is 20.5 Å². The van der Waals surface area contributed by atoms with E-state index < -0.39 is 0 Å². The molecular weight excluding hydrogens is 272 g/mol. The molecule has 0 unspecified atom stereocenters. The number of fused-ring (bicyclic) bond motifs is 1. The topological polar surface area (TPSA) is 50.2 Å². The number of pyridine rings is 2. The van der Waals surface area contributed by atoms with Gasteiger partial charge in [0.25, 0.3) is 0 Å². The molecule has 0 spiro atoms. The Morgan fingerprint density at radius 3 is 2.85 bits per heavy atom. The zero-order valence-electron chi connectivity index (χ0n) is 10.5. The number of aromatic nitrogens is 2. The van der Waals surface area contributed by atoms with Gasteiger partial charge in [0.15, 0.2) is 0 Å². The molecule has 20 heavy (non-hydrogen) atoms. The summed E-state index contributed by atoms with van der Waals surface area (Å²) in [6, 6.07) is 13.1. The SMILES string of the molecule is Clc1ccc2c(N/N=C\c3ccccn3)ccnc2c1. The molecule has 0 amide bonds. The number of hydrazone groups is 1. The van der Waals surface area contributed by atoms with Crippen LogP contribution in [0.5, 0.6) is 0 Å². The summed E-state index contributed by atoms with van der Waals surface area (Å²) in [7, 11) is 0. The van der Waals surface area contributed by atoms with E-state index in [1.807, 2.05) is 42.5 Å². The molecule has 4 nitrogen and oxygen atoms in total. The minimum absolute atomic E-state index is 0.666. The molecular formula is C15H11ClN4. The molecule has 0 saturated carbocycles. The average Bonchev–Trinajstić information content (AvgIpc) is 2.48. The van der Waals surface area contributed by atoms with Crippen LogP contribution >= 0.6 is 11.6 Å². The first-order chi connectivity index (χ1) is 9.83. The van der Waals surface area contributed by atoms with E-state index in [0.717, 1.165) is 22.3 Å². The van der Waals surface area contributed by atoms with Gasteiger partial charge in [-0.05, 0) is 36.4 Å². The van der Waals surface area contributed by atoms with Crippen LogP contribution in [0.4, 0.5) is 5.69 Å². The maximum absolute atomic E-state index is 5.96. The van der Waals surface area contributed by atoms with Crippen molar-refractivity contribution in [3.63, 3.8) is 0 Å². The number of hydrogen-bond acceptors (Lipinski definition) is 4. The molecule has 0 saturated heterocycles. The fourth-order valence-electron chi connectivity index (χ4n) is 1.84. The van der Waals surface area contributed by atoms with Gasteiger partial charge in [-0.3, -0.25) is 15.4 Å². The van der Waals surface area contributed by atoms with Crippen molar-refractivity contribution in [2.24, 2.45) is 5.10 Å². The van der Waals surface area contributed by atoms with Gasteiger partial charge in [0.1, 0.15) is 0 Å². The minimum atomic E-state index is 0.666. The Morgan fingerprint density at radius 1 is 1.05 bits per heavy atom. The largest absolute Gasteiger partial charge is 0.278 e. The van der Waals surface area contributed by atoms with E-state index >= 15 is 0 Å². The van der Waals surface area contributed by atoms with Crippen molar-refractivity contribution in [1.82, 2.24) is 9.97 Å². The third kappa shape index (κ3) is 2.75. The van der Waals surface area contributed by atoms with Crippen molar-refractivity contribution in [3.05, 3.63) is 65.6 Å². The van der Waals surface area contributed by atoms with Crippen molar-refractivity contribution in [2.75, 3.05) is 5.43 Å². The summed E-state index contributed by atoms with van der Waals surface area (Å²) in [6.45, 7) is 0. The van der Waals surface area contributed by atoms with Gasteiger partial charge in [-0.2, -0.15) is 5.10 Å². The van der Waals surface area contributed by atoms with Gasteiger partial charge in [-0.1, -0.05) is 17.7 Å². The highest BCUT2D eigenvalue weighted by Crippen LogP contribution is 2.24. The molecule has 5 heteroatoms. The first-order valence-corrected chi connectivity index (χ1v) is 6.45. The second kappa shape index (κ2) is 5.67. The number of hydrogen-bond donors (Lipinski definition) is 1. The smallest absolute Gasteiger partial charge is 0.0830 e. The third-order valence-electron chi connectivity index (χ3n) is 2.77. The number of nitrogens with one attached hydrogen (secondary N) is 1. The lowest BCUT2D eigenvalue weighted by molar-refractivity contribution is 1.28. The predicted octanol–water partition coefficient (Wildman–Crippen LogP) is 3.73. The highest BCUT2D eigenvalue weighted by Gasteiger charge is 2.01. The summed E-state index contributed by atoms with van der Waals surface area (Å²) >= 11 is 5.96. The summed E-state index contributed by atoms with van der Waals surface area (Å²) < 4.78 is 0. The molecule has 0 atom stereocenters. The Morgan fingerprint density at radius 2 is 2.00 bits per heavy atom. The predicted molar refractivity (Wildman–Crippen MR) is 82.2 cm³/mol. The lowest BCUT2D eigenvalue weighted by Crippen LogP contribution is -1.93. The second-order valence-corrected chi connectivity index (χ2v) is 4.58. The molecule has 0 bridgehead atoms. The summed E-state index contributed by atoms with van der Waals surface area (Å²) in [5.41, 5.74) is 5.50. The normalized spacial score (nSPS) is 11.1. The van der Waals surface area contributed by atoms with Gasteiger partial charge < -0.3 is 0 Å². The number of benzene rings is 1. The van der Waals surface area contributed by atoms with Crippen molar-refractivity contribution in [2.45, 2.75) is 0 Å². The Labute approximate surface area is 121 Å². The Bertz CT molecular complexity index is 756. The molecule has 0 radical (unpaired) electrons. The van der Waals surface area contributed by atoms with E-state index in [0.29, 0.717) is 5.02 Å².